The topological polar surface area (TPSA) is 84.7 Å². The van der Waals surface area contributed by atoms with E-state index in [2.05, 4.69) is 39.4 Å². The van der Waals surface area contributed by atoms with E-state index in [1.807, 2.05) is 12.1 Å². The molecule has 29 heavy (non-hydrogen) atoms. The van der Waals surface area contributed by atoms with Crippen molar-refractivity contribution < 1.29 is 4.79 Å². The van der Waals surface area contributed by atoms with E-state index in [0.29, 0.717) is 35.5 Å². The molecular formula is C20H22Cl2N6O. The molecule has 1 atom stereocenters. The lowest BCUT2D eigenvalue weighted by Gasteiger charge is -2.21. The predicted octanol–water partition coefficient (Wildman–Crippen LogP) is 4.11. The standard InChI is InChI=1S/C20H22Cl2N6O/c1-13(2)9-16(19(29)24-11-14-3-5-15(21)6-4-14)25-17-10-18(27-20(22)26-17)28-8-7-23-12-28/h3-8,10,12-13,16H,9,11H2,1-2H3,(H,24,29)(H,25,26,27)/t16-/m1/s1. The maximum absolute atomic E-state index is 12.8. The molecule has 3 rings (SSSR count). The van der Waals surface area contributed by atoms with Crippen LogP contribution < -0.4 is 10.6 Å². The number of nitrogens with one attached hydrogen (secondary N) is 2. The van der Waals surface area contributed by atoms with Crippen molar-refractivity contribution in [3.8, 4) is 5.82 Å². The van der Waals surface area contributed by atoms with Gasteiger partial charge in [-0.2, -0.15) is 4.98 Å². The molecule has 152 valence electrons. The van der Waals surface area contributed by atoms with Gasteiger partial charge in [0.1, 0.15) is 24.0 Å². The fourth-order valence-corrected chi connectivity index (χ4v) is 3.11. The third kappa shape index (κ3) is 6.17. The molecule has 9 heteroatoms. The van der Waals surface area contributed by atoms with E-state index in [-0.39, 0.29) is 11.2 Å². The molecule has 7 nitrogen and oxygen atoms in total. The third-order valence-corrected chi connectivity index (χ3v) is 4.60. The van der Waals surface area contributed by atoms with Gasteiger partial charge in [0.25, 0.3) is 0 Å². The van der Waals surface area contributed by atoms with Gasteiger partial charge in [0.2, 0.25) is 11.2 Å². The summed E-state index contributed by atoms with van der Waals surface area (Å²) in [6, 6.07) is 8.63. The van der Waals surface area contributed by atoms with Crippen molar-refractivity contribution in [2.75, 3.05) is 5.32 Å². The Morgan fingerprint density at radius 2 is 1.93 bits per heavy atom. The zero-order chi connectivity index (χ0) is 20.8. The van der Waals surface area contributed by atoms with Gasteiger partial charge in [-0.1, -0.05) is 37.6 Å². The lowest BCUT2D eigenvalue weighted by molar-refractivity contribution is -0.122. The maximum Gasteiger partial charge on any atom is 0.242 e. The molecule has 0 spiro atoms. The van der Waals surface area contributed by atoms with Crippen LogP contribution >= 0.6 is 23.2 Å². The van der Waals surface area contributed by atoms with E-state index >= 15 is 0 Å². The van der Waals surface area contributed by atoms with E-state index in [1.54, 1.807) is 41.5 Å². The smallest absolute Gasteiger partial charge is 0.242 e. The maximum atomic E-state index is 12.8. The van der Waals surface area contributed by atoms with E-state index in [0.717, 1.165) is 5.56 Å². The molecule has 0 aliphatic carbocycles. The number of aromatic nitrogens is 4. The van der Waals surface area contributed by atoms with Gasteiger partial charge in [-0.3, -0.25) is 9.36 Å². The van der Waals surface area contributed by atoms with Crippen molar-refractivity contribution in [1.82, 2.24) is 24.8 Å². The molecule has 3 aromatic rings. The van der Waals surface area contributed by atoms with E-state index in [4.69, 9.17) is 23.2 Å². The summed E-state index contributed by atoms with van der Waals surface area (Å²) in [7, 11) is 0. The van der Waals surface area contributed by atoms with Gasteiger partial charge in [-0.25, -0.2) is 9.97 Å². The highest BCUT2D eigenvalue weighted by Crippen LogP contribution is 2.17. The quantitative estimate of drug-likeness (QED) is 0.523. The summed E-state index contributed by atoms with van der Waals surface area (Å²) in [6.07, 6.45) is 5.66. The van der Waals surface area contributed by atoms with Gasteiger partial charge < -0.3 is 10.6 Å². The van der Waals surface area contributed by atoms with Crippen LogP contribution in [0.25, 0.3) is 5.82 Å². The summed E-state index contributed by atoms with van der Waals surface area (Å²) in [5.41, 5.74) is 0.971. The second-order valence-corrected chi connectivity index (χ2v) is 7.80. The number of benzene rings is 1. The van der Waals surface area contributed by atoms with Crippen LogP contribution in [0.1, 0.15) is 25.8 Å². The number of imidazole rings is 1. The first kappa shape index (κ1) is 21.1. The minimum Gasteiger partial charge on any atom is -0.358 e. The molecule has 0 saturated carbocycles. The van der Waals surface area contributed by atoms with Crippen LogP contribution in [-0.2, 0) is 11.3 Å². The Bertz CT molecular complexity index is 944. The molecule has 0 bridgehead atoms. The van der Waals surface area contributed by atoms with Crippen LogP contribution in [0.2, 0.25) is 10.3 Å². The van der Waals surface area contributed by atoms with Crippen LogP contribution in [0.3, 0.4) is 0 Å². The van der Waals surface area contributed by atoms with Gasteiger partial charge in [-0.05, 0) is 41.6 Å². The second-order valence-electron chi connectivity index (χ2n) is 7.02. The second kappa shape index (κ2) is 9.71. The number of rotatable bonds is 8. The fourth-order valence-electron chi connectivity index (χ4n) is 2.80. The molecule has 0 saturated heterocycles. The summed E-state index contributed by atoms with van der Waals surface area (Å²) >= 11 is 12.0. The molecule has 0 aliphatic rings. The van der Waals surface area contributed by atoms with Crippen molar-refractivity contribution in [3.05, 3.63) is 64.9 Å². The number of anilines is 1. The summed E-state index contributed by atoms with van der Waals surface area (Å²) in [5, 5.41) is 6.91. The first-order valence-electron chi connectivity index (χ1n) is 9.22. The van der Waals surface area contributed by atoms with Crippen molar-refractivity contribution in [2.45, 2.75) is 32.9 Å². The van der Waals surface area contributed by atoms with Crippen molar-refractivity contribution >= 4 is 34.9 Å². The van der Waals surface area contributed by atoms with Crippen molar-refractivity contribution in [3.63, 3.8) is 0 Å². The molecule has 1 amide bonds. The van der Waals surface area contributed by atoms with E-state index < -0.39 is 6.04 Å². The van der Waals surface area contributed by atoms with Gasteiger partial charge in [0.05, 0.1) is 0 Å². The number of amides is 1. The van der Waals surface area contributed by atoms with Crippen LogP contribution in [-0.4, -0.2) is 31.5 Å². The summed E-state index contributed by atoms with van der Waals surface area (Å²) in [4.78, 5) is 25.3. The van der Waals surface area contributed by atoms with Crippen LogP contribution in [0.5, 0.6) is 0 Å². The fraction of sp³-hybridized carbons (Fsp3) is 0.300. The lowest BCUT2D eigenvalue weighted by atomic mass is 10.0. The van der Waals surface area contributed by atoms with Gasteiger partial charge in [0.15, 0.2) is 0 Å². The Balaban J connectivity index is 1.73. The SMILES string of the molecule is CC(C)C[C@@H](Nc1cc(-n2ccnc2)nc(Cl)n1)C(=O)NCc1ccc(Cl)cc1. The van der Waals surface area contributed by atoms with Gasteiger partial charge in [-0.15, -0.1) is 0 Å². The van der Waals surface area contributed by atoms with E-state index in [1.165, 1.54) is 0 Å². The van der Waals surface area contributed by atoms with Crippen LogP contribution in [0.4, 0.5) is 5.82 Å². The zero-order valence-electron chi connectivity index (χ0n) is 16.1. The summed E-state index contributed by atoms with van der Waals surface area (Å²) < 4.78 is 1.72. The minimum atomic E-state index is -0.469. The first-order valence-corrected chi connectivity index (χ1v) is 9.98. The van der Waals surface area contributed by atoms with Crippen molar-refractivity contribution in [2.24, 2.45) is 5.92 Å². The Morgan fingerprint density at radius 1 is 1.17 bits per heavy atom. The molecule has 2 aromatic heterocycles. The van der Waals surface area contributed by atoms with E-state index in [9.17, 15) is 4.79 Å². The summed E-state index contributed by atoms with van der Waals surface area (Å²) in [6.45, 7) is 4.53. The average molecular weight is 433 g/mol. The number of hydrogen-bond donors (Lipinski definition) is 2. The molecule has 0 aliphatic heterocycles. The first-order chi connectivity index (χ1) is 13.9. The Labute approximate surface area is 179 Å². The molecular weight excluding hydrogens is 411 g/mol. The van der Waals surface area contributed by atoms with Gasteiger partial charge >= 0.3 is 0 Å². The van der Waals surface area contributed by atoms with Crippen LogP contribution in [0.15, 0.2) is 49.1 Å². The Morgan fingerprint density at radius 3 is 2.59 bits per heavy atom. The lowest BCUT2D eigenvalue weighted by Crippen LogP contribution is -2.40. The number of carbonyl (C=O) groups excluding carboxylic acids is 1. The molecule has 0 radical (unpaired) electrons. The normalized spacial score (nSPS) is 12.0. The highest BCUT2D eigenvalue weighted by molar-refractivity contribution is 6.30. The Kier molecular flexibility index (Phi) is 7.06. The molecule has 2 N–H and O–H groups in total. The largest absolute Gasteiger partial charge is 0.358 e. The molecule has 0 unspecified atom stereocenters. The predicted molar refractivity (Wildman–Crippen MR) is 114 cm³/mol. The number of hydrogen-bond acceptors (Lipinski definition) is 5. The highest BCUT2D eigenvalue weighted by atomic mass is 35.5. The highest BCUT2D eigenvalue weighted by Gasteiger charge is 2.21. The molecule has 1 aromatic carbocycles. The zero-order valence-corrected chi connectivity index (χ0v) is 17.7. The monoisotopic (exact) mass is 432 g/mol. The van der Waals surface area contributed by atoms with Gasteiger partial charge in [0, 0.05) is 30.0 Å². The summed E-state index contributed by atoms with van der Waals surface area (Å²) in [5.74, 6) is 1.22. The number of carbonyl (C=O) groups is 1. The average Bonchev–Trinajstić information content (AvgIpc) is 3.21. The number of nitrogens with zero attached hydrogens (tertiary/aromatic N) is 4. The Hall–Kier alpha value is -2.64. The third-order valence-electron chi connectivity index (χ3n) is 4.18. The minimum absolute atomic E-state index is 0.0866. The molecule has 0 fully saturated rings. The van der Waals surface area contributed by atoms with Crippen molar-refractivity contribution in [1.29, 1.82) is 0 Å². The number of halogens is 2. The molecule has 2 heterocycles. The van der Waals surface area contributed by atoms with Crippen LogP contribution in [0, 0.1) is 5.92 Å².